The summed E-state index contributed by atoms with van der Waals surface area (Å²) in [7, 11) is 0. The summed E-state index contributed by atoms with van der Waals surface area (Å²) in [6.45, 7) is 1.14. The maximum atomic E-state index is 12.5. The number of carbonyl (C=O) groups excluding carboxylic acids is 2. The molecule has 1 amide bonds. The van der Waals surface area contributed by atoms with Gasteiger partial charge in [0.1, 0.15) is 12.4 Å². The van der Waals surface area contributed by atoms with E-state index < -0.39 is 0 Å². The summed E-state index contributed by atoms with van der Waals surface area (Å²) in [5.41, 5.74) is 1.57. The Morgan fingerprint density at radius 1 is 1.31 bits per heavy atom. The molecule has 7 heteroatoms. The van der Waals surface area contributed by atoms with Crippen LogP contribution in [0.1, 0.15) is 43.2 Å². The summed E-state index contributed by atoms with van der Waals surface area (Å²) < 4.78 is 16.3. The van der Waals surface area contributed by atoms with Crippen molar-refractivity contribution in [2.45, 2.75) is 51.4 Å². The van der Waals surface area contributed by atoms with Gasteiger partial charge >= 0.3 is 5.97 Å². The van der Waals surface area contributed by atoms with Crippen molar-refractivity contribution in [3.63, 3.8) is 0 Å². The maximum absolute atomic E-state index is 12.5. The quantitative estimate of drug-likeness (QED) is 0.752. The van der Waals surface area contributed by atoms with Gasteiger partial charge in [0.25, 0.3) is 0 Å². The van der Waals surface area contributed by atoms with Crippen molar-refractivity contribution in [1.29, 1.82) is 0 Å². The zero-order valence-corrected chi connectivity index (χ0v) is 15.3. The van der Waals surface area contributed by atoms with Gasteiger partial charge in [-0.15, -0.1) is 0 Å². The molecule has 0 bridgehead atoms. The Morgan fingerprint density at radius 2 is 2.12 bits per heavy atom. The monoisotopic (exact) mass is 379 g/mol. The van der Waals surface area contributed by atoms with Crippen molar-refractivity contribution < 1.29 is 23.8 Å². The van der Waals surface area contributed by atoms with Gasteiger partial charge in [-0.1, -0.05) is 24.4 Å². The molecule has 1 aliphatic carbocycles. The largest absolute Gasteiger partial charge is 0.467 e. The highest BCUT2D eigenvalue weighted by molar-refractivity contribution is 6.30. The minimum absolute atomic E-state index is 0.0690. The van der Waals surface area contributed by atoms with E-state index in [1.54, 1.807) is 12.1 Å². The Morgan fingerprint density at radius 3 is 2.92 bits per heavy atom. The summed E-state index contributed by atoms with van der Waals surface area (Å²) in [6, 6.07) is 3.83. The van der Waals surface area contributed by atoms with Gasteiger partial charge in [-0.25, -0.2) is 0 Å². The SMILES string of the molecule is O=C(OCc1cc(Cl)cc2c1OCOC2)[C@H]1CC(=O)N(C2CCCC2)C1. The number of carbonyl (C=O) groups is 2. The van der Waals surface area contributed by atoms with E-state index in [9.17, 15) is 9.59 Å². The van der Waals surface area contributed by atoms with Crippen molar-refractivity contribution in [1.82, 2.24) is 4.90 Å². The lowest BCUT2D eigenvalue weighted by Crippen LogP contribution is -2.35. The number of amides is 1. The first kappa shape index (κ1) is 17.6. The Kier molecular flexibility index (Phi) is 5.05. The summed E-state index contributed by atoms with van der Waals surface area (Å²) in [4.78, 5) is 26.6. The van der Waals surface area contributed by atoms with Crippen LogP contribution in [0.5, 0.6) is 5.75 Å². The van der Waals surface area contributed by atoms with E-state index in [4.69, 9.17) is 25.8 Å². The van der Waals surface area contributed by atoms with Crippen LogP contribution in [0.2, 0.25) is 5.02 Å². The third kappa shape index (κ3) is 3.53. The number of esters is 1. The predicted octanol–water partition coefficient (Wildman–Crippen LogP) is 3.04. The number of hydrogen-bond donors (Lipinski definition) is 0. The number of ether oxygens (including phenoxy) is 3. The summed E-state index contributed by atoms with van der Waals surface area (Å²) in [5.74, 6) is 0.0185. The second kappa shape index (κ2) is 7.45. The molecule has 1 saturated carbocycles. The Labute approximate surface area is 157 Å². The van der Waals surface area contributed by atoms with Gasteiger partial charge in [-0.05, 0) is 25.0 Å². The number of fused-ring (bicyclic) bond motifs is 1. The van der Waals surface area contributed by atoms with Crippen LogP contribution < -0.4 is 4.74 Å². The Balaban J connectivity index is 1.39. The molecule has 140 valence electrons. The van der Waals surface area contributed by atoms with E-state index in [1.807, 2.05) is 4.90 Å². The first-order valence-corrected chi connectivity index (χ1v) is 9.47. The van der Waals surface area contributed by atoms with Crippen LogP contribution in [-0.2, 0) is 32.3 Å². The fourth-order valence-corrected chi connectivity index (χ4v) is 4.35. The van der Waals surface area contributed by atoms with Crippen molar-refractivity contribution in [2.24, 2.45) is 5.92 Å². The highest BCUT2D eigenvalue weighted by Gasteiger charge is 2.39. The molecule has 0 aromatic heterocycles. The number of hydrogen-bond acceptors (Lipinski definition) is 5. The summed E-state index contributed by atoms with van der Waals surface area (Å²) in [6.07, 6.45) is 4.65. The van der Waals surface area contributed by atoms with E-state index in [0.29, 0.717) is 30.0 Å². The minimum atomic E-state index is -0.387. The topological polar surface area (TPSA) is 65.1 Å². The lowest BCUT2D eigenvalue weighted by Gasteiger charge is -2.24. The number of likely N-dealkylation sites (tertiary alicyclic amines) is 1. The highest BCUT2D eigenvalue weighted by atomic mass is 35.5. The second-order valence-electron chi connectivity index (χ2n) is 7.16. The number of halogens is 1. The lowest BCUT2D eigenvalue weighted by molar-refractivity contribution is -0.149. The maximum Gasteiger partial charge on any atom is 0.311 e. The molecule has 4 rings (SSSR count). The summed E-state index contributed by atoms with van der Waals surface area (Å²) >= 11 is 6.13. The number of benzene rings is 1. The Hall–Kier alpha value is -1.79. The van der Waals surface area contributed by atoms with Gasteiger partial charge in [0.15, 0.2) is 6.79 Å². The van der Waals surface area contributed by atoms with E-state index in [0.717, 1.165) is 36.8 Å². The zero-order chi connectivity index (χ0) is 18.1. The van der Waals surface area contributed by atoms with E-state index in [1.165, 1.54) is 0 Å². The molecule has 1 aromatic carbocycles. The average Bonchev–Trinajstić information content (AvgIpc) is 3.28. The molecule has 3 aliphatic rings. The Bertz CT molecular complexity index is 716. The third-order valence-corrected chi connectivity index (χ3v) is 5.60. The molecule has 2 aliphatic heterocycles. The fraction of sp³-hybridized carbons (Fsp3) is 0.579. The molecule has 0 radical (unpaired) electrons. The molecule has 2 heterocycles. The normalized spacial score (nSPS) is 23.0. The minimum Gasteiger partial charge on any atom is -0.467 e. The lowest BCUT2D eigenvalue weighted by atomic mass is 10.1. The first-order chi connectivity index (χ1) is 12.6. The van der Waals surface area contributed by atoms with Crippen molar-refractivity contribution in [2.75, 3.05) is 13.3 Å². The number of rotatable bonds is 4. The molecule has 0 spiro atoms. The smallest absolute Gasteiger partial charge is 0.311 e. The van der Waals surface area contributed by atoms with Crippen molar-refractivity contribution in [3.8, 4) is 5.75 Å². The zero-order valence-electron chi connectivity index (χ0n) is 14.5. The van der Waals surface area contributed by atoms with Crippen LogP contribution in [0.3, 0.4) is 0 Å². The predicted molar refractivity (Wildman–Crippen MR) is 93.6 cm³/mol. The van der Waals surface area contributed by atoms with Gasteiger partial charge < -0.3 is 19.1 Å². The van der Waals surface area contributed by atoms with Crippen LogP contribution in [0.15, 0.2) is 12.1 Å². The van der Waals surface area contributed by atoms with E-state index >= 15 is 0 Å². The van der Waals surface area contributed by atoms with Crippen LogP contribution >= 0.6 is 11.6 Å². The molecule has 2 fully saturated rings. The van der Waals surface area contributed by atoms with Crippen molar-refractivity contribution >= 4 is 23.5 Å². The molecule has 1 saturated heterocycles. The number of nitrogens with zero attached hydrogens (tertiary/aromatic N) is 1. The molecule has 0 unspecified atom stereocenters. The van der Waals surface area contributed by atoms with E-state index in [-0.39, 0.29) is 37.6 Å². The van der Waals surface area contributed by atoms with Gasteiger partial charge in [0, 0.05) is 35.2 Å². The molecule has 1 aromatic rings. The van der Waals surface area contributed by atoms with E-state index in [2.05, 4.69) is 0 Å². The van der Waals surface area contributed by atoms with Gasteiger partial charge in [-0.2, -0.15) is 0 Å². The first-order valence-electron chi connectivity index (χ1n) is 9.10. The summed E-state index contributed by atoms with van der Waals surface area (Å²) in [5, 5.41) is 0.548. The van der Waals surface area contributed by atoms with Crippen LogP contribution in [0, 0.1) is 5.92 Å². The van der Waals surface area contributed by atoms with Crippen LogP contribution in [-0.4, -0.2) is 36.2 Å². The molecule has 0 N–H and O–H groups in total. The van der Waals surface area contributed by atoms with Gasteiger partial charge in [-0.3, -0.25) is 9.59 Å². The molecular formula is C19H22ClNO5. The fourth-order valence-electron chi connectivity index (χ4n) is 4.09. The molecule has 6 nitrogen and oxygen atoms in total. The van der Waals surface area contributed by atoms with Crippen LogP contribution in [0.25, 0.3) is 0 Å². The van der Waals surface area contributed by atoms with Gasteiger partial charge in [0.2, 0.25) is 5.91 Å². The third-order valence-electron chi connectivity index (χ3n) is 5.38. The highest BCUT2D eigenvalue weighted by Crippen LogP contribution is 2.33. The molecular weight excluding hydrogens is 358 g/mol. The molecule has 26 heavy (non-hydrogen) atoms. The van der Waals surface area contributed by atoms with Crippen LogP contribution in [0.4, 0.5) is 0 Å². The van der Waals surface area contributed by atoms with Gasteiger partial charge in [0.05, 0.1) is 12.5 Å². The molecule has 1 atom stereocenters. The standard InChI is InChI=1S/C19H22ClNO5/c20-15-5-13-9-24-11-26-18(13)14(6-15)10-25-19(23)12-7-17(22)21(8-12)16-3-1-2-4-16/h5-6,12,16H,1-4,7-11H2/t12-/m0/s1. The second-order valence-corrected chi connectivity index (χ2v) is 7.59. The van der Waals surface area contributed by atoms with Crippen molar-refractivity contribution in [3.05, 3.63) is 28.3 Å². The average molecular weight is 380 g/mol.